The van der Waals surface area contributed by atoms with Gasteiger partial charge in [-0.2, -0.15) is 27.9 Å². The van der Waals surface area contributed by atoms with Crippen LogP contribution in [0.4, 0.5) is 11.5 Å². The largest absolute Gasteiger partial charge is 0.336 e. The van der Waals surface area contributed by atoms with E-state index in [2.05, 4.69) is 139 Å². The Morgan fingerprint density at radius 2 is 1.16 bits per heavy atom. The number of aromatic nitrogens is 8. The summed E-state index contributed by atoms with van der Waals surface area (Å²) in [6.07, 6.45) is 14.6. The van der Waals surface area contributed by atoms with Crippen LogP contribution in [0.2, 0.25) is 5.15 Å². The zero-order valence-electron chi connectivity index (χ0n) is 36.9. The highest BCUT2D eigenvalue weighted by atomic mass is 35.5. The minimum Gasteiger partial charge on any atom is -0.336 e. The van der Waals surface area contributed by atoms with Crippen LogP contribution in [-0.2, 0) is 30.7 Å². The third-order valence-electron chi connectivity index (χ3n) is 9.70. The number of rotatable bonds is 12. The molecule has 0 saturated carbocycles. The number of hydrogen-bond donors (Lipinski definition) is 2. The number of anilines is 2. The van der Waals surface area contributed by atoms with Crippen molar-refractivity contribution < 1.29 is 9.59 Å². The molecule has 7 aromatic rings. The number of nitrogens with one attached hydrogen (secondary N) is 1. The van der Waals surface area contributed by atoms with Crippen molar-refractivity contribution in [3.05, 3.63) is 133 Å². The van der Waals surface area contributed by atoms with Gasteiger partial charge in [-0.25, -0.2) is 9.97 Å². The maximum absolute atomic E-state index is 12.7. The Morgan fingerprint density at radius 1 is 0.677 bits per heavy atom. The summed E-state index contributed by atoms with van der Waals surface area (Å²) < 4.78 is 1.73. The van der Waals surface area contributed by atoms with Gasteiger partial charge in [0.25, 0.3) is 0 Å². The van der Waals surface area contributed by atoms with Gasteiger partial charge in [0.2, 0.25) is 0 Å². The molecule has 15 heteroatoms. The van der Waals surface area contributed by atoms with Crippen molar-refractivity contribution in [2.24, 2.45) is 7.05 Å². The standard InChI is InChI=1S/C25H28N6OS.C21H22ClN3OS.CH4S/c1-16-10-18(19-11-23(30-27-12-19)29-20-13-28-31(5)15-20)7-6-17(16)8-9-21(32)22-14-26-24(33-22)25(2,3)4;1-13-9-15(16-10-19(22)25-24-11-16)6-5-14(13)7-8-17(26)18-12-23-20(27-18)21(2,3)4;1-2/h6-7,10-15H,8-9H2,1-5H3,(H,29,30);5-6,9-12H,7-8H2,1-4H3;2H,1H3. The number of thiazole rings is 2. The second kappa shape index (κ2) is 21.3. The van der Waals surface area contributed by atoms with Crippen LogP contribution in [0.1, 0.15) is 106 Å². The lowest BCUT2D eigenvalue weighted by Crippen LogP contribution is -2.09. The molecular weight excluding hydrogens is 854 g/mol. The fraction of sp³-hybridized carbons (Fsp3) is 0.340. The molecule has 0 spiro atoms. The molecular formula is C47H54ClN9O2S3. The van der Waals surface area contributed by atoms with E-state index in [0.717, 1.165) is 58.8 Å². The van der Waals surface area contributed by atoms with Gasteiger partial charge in [0.15, 0.2) is 22.5 Å². The highest BCUT2D eigenvalue weighted by Gasteiger charge is 2.22. The number of thiol groups is 1. The number of nitrogens with zero attached hydrogens (tertiary/aromatic N) is 8. The zero-order chi connectivity index (χ0) is 45.2. The highest BCUT2D eigenvalue weighted by Crippen LogP contribution is 2.30. The summed E-state index contributed by atoms with van der Waals surface area (Å²) >= 11 is 12.5. The molecule has 7 rings (SSSR count). The number of ketones is 2. The molecule has 1 N–H and O–H groups in total. The van der Waals surface area contributed by atoms with Crippen LogP contribution in [0.15, 0.2) is 85.7 Å². The molecule has 0 aliphatic carbocycles. The fourth-order valence-electron chi connectivity index (χ4n) is 6.27. The number of carbonyl (C=O) groups excluding carboxylic acids is 2. The van der Waals surface area contributed by atoms with Crippen LogP contribution >= 0.6 is 46.9 Å². The van der Waals surface area contributed by atoms with Gasteiger partial charge in [-0.15, -0.1) is 32.9 Å². The van der Waals surface area contributed by atoms with Crippen molar-refractivity contribution in [1.82, 2.24) is 40.1 Å². The van der Waals surface area contributed by atoms with Gasteiger partial charge in [0, 0.05) is 60.4 Å². The van der Waals surface area contributed by atoms with Crippen LogP contribution in [0.25, 0.3) is 22.3 Å². The minimum absolute atomic E-state index is 0.0275. The molecule has 2 aromatic carbocycles. The van der Waals surface area contributed by atoms with Gasteiger partial charge >= 0.3 is 0 Å². The molecule has 0 radical (unpaired) electrons. The van der Waals surface area contributed by atoms with Crippen LogP contribution in [0.3, 0.4) is 0 Å². The van der Waals surface area contributed by atoms with E-state index in [4.69, 9.17) is 11.6 Å². The first-order chi connectivity index (χ1) is 29.4. The molecule has 0 amide bonds. The average molecular weight is 909 g/mol. The Kier molecular flexibility index (Phi) is 16.4. The topological polar surface area (TPSA) is 141 Å². The van der Waals surface area contributed by atoms with Crippen molar-refractivity contribution in [1.29, 1.82) is 0 Å². The Morgan fingerprint density at radius 3 is 1.58 bits per heavy atom. The maximum atomic E-state index is 12.7. The highest BCUT2D eigenvalue weighted by molar-refractivity contribution is 7.79. The van der Waals surface area contributed by atoms with Gasteiger partial charge in [0.05, 0.1) is 44.0 Å². The van der Waals surface area contributed by atoms with Gasteiger partial charge in [0.1, 0.15) is 0 Å². The molecule has 324 valence electrons. The molecule has 0 aliphatic rings. The third-order valence-corrected chi connectivity index (χ3v) is 12.8. The SMILES string of the molecule is CS.Cc1cc(-c2cnnc(Cl)c2)ccc1CCC(=O)c1cnc(C(C)(C)C)s1.Cc1cc(-c2cnnc(Nc3cnn(C)c3)c2)ccc1CCC(=O)c1cnc(C(C)(C)C)s1. The first-order valence-corrected chi connectivity index (χ1v) is 23.0. The van der Waals surface area contributed by atoms with Crippen molar-refractivity contribution in [3.63, 3.8) is 0 Å². The quantitative estimate of drug-likeness (QED) is 0.0899. The number of Topliss-reactive ketones (excluding diaryl/α,β-unsaturated/α-hetero) is 2. The number of hydrogen-bond acceptors (Lipinski definition) is 13. The molecule has 11 nitrogen and oxygen atoms in total. The van der Waals surface area contributed by atoms with Crippen molar-refractivity contribution in [3.8, 4) is 22.3 Å². The fourth-order valence-corrected chi connectivity index (χ4v) is 8.32. The molecule has 5 aromatic heterocycles. The van der Waals surface area contributed by atoms with Gasteiger partial charge in [-0.1, -0.05) is 89.5 Å². The van der Waals surface area contributed by atoms with E-state index < -0.39 is 0 Å². The third kappa shape index (κ3) is 13.2. The van der Waals surface area contributed by atoms with Gasteiger partial charge < -0.3 is 5.32 Å². The van der Waals surface area contributed by atoms with Crippen LogP contribution in [0.5, 0.6) is 0 Å². The summed E-state index contributed by atoms with van der Waals surface area (Å²) in [6, 6.07) is 16.3. The Hall–Kier alpha value is -5.15. The van der Waals surface area contributed by atoms with Crippen molar-refractivity contribution in [2.75, 3.05) is 11.6 Å². The van der Waals surface area contributed by atoms with E-state index in [1.165, 1.54) is 33.8 Å². The molecule has 0 atom stereocenters. The molecule has 0 fully saturated rings. The summed E-state index contributed by atoms with van der Waals surface area (Å²) in [7, 11) is 1.87. The average Bonchev–Trinajstić information content (AvgIpc) is 4.03. The van der Waals surface area contributed by atoms with E-state index in [1.54, 1.807) is 48.0 Å². The lowest BCUT2D eigenvalue weighted by atomic mass is 9.97. The second-order valence-corrected chi connectivity index (χ2v) is 19.3. The molecule has 0 aliphatic heterocycles. The van der Waals surface area contributed by atoms with Crippen LogP contribution < -0.4 is 5.32 Å². The minimum atomic E-state index is -0.0369. The summed E-state index contributed by atoms with van der Waals surface area (Å²) in [6.45, 7) is 16.8. The van der Waals surface area contributed by atoms with Crippen LogP contribution in [-0.4, -0.2) is 58.0 Å². The van der Waals surface area contributed by atoms with Gasteiger partial charge in [-0.05, 0) is 78.5 Å². The first kappa shape index (κ1) is 47.9. The predicted octanol–water partition coefficient (Wildman–Crippen LogP) is 11.7. The maximum Gasteiger partial charge on any atom is 0.174 e. The van der Waals surface area contributed by atoms with Crippen LogP contribution in [0, 0.1) is 13.8 Å². The van der Waals surface area contributed by atoms with E-state index in [-0.39, 0.29) is 22.4 Å². The van der Waals surface area contributed by atoms with Crippen molar-refractivity contribution >= 4 is 70.0 Å². The summed E-state index contributed by atoms with van der Waals surface area (Å²) in [5, 5.41) is 25.7. The summed E-state index contributed by atoms with van der Waals surface area (Å²) in [5.41, 5.74) is 9.43. The molecule has 5 heterocycles. The Bertz CT molecular complexity index is 2620. The normalized spacial score (nSPS) is 11.3. The zero-order valence-corrected chi connectivity index (χ0v) is 40.2. The molecule has 0 saturated heterocycles. The number of benzene rings is 2. The lowest BCUT2D eigenvalue weighted by Gasteiger charge is -2.13. The number of halogens is 1. The van der Waals surface area contributed by atoms with Crippen molar-refractivity contribution in [2.45, 2.75) is 91.9 Å². The second-order valence-electron chi connectivity index (χ2n) is 16.8. The Balaban J connectivity index is 0.000000230. The number of aryl methyl sites for hydroxylation is 5. The number of carbonyl (C=O) groups is 2. The summed E-state index contributed by atoms with van der Waals surface area (Å²) in [5.74, 6) is 0.958. The molecule has 0 unspecified atom stereocenters. The lowest BCUT2D eigenvalue weighted by molar-refractivity contribution is 0.0978. The predicted molar refractivity (Wildman–Crippen MR) is 258 cm³/mol. The molecule has 0 bridgehead atoms. The molecule has 62 heavy (non-hydrogen) atoms. The van der Waals surface area contributed by atoms with E-state index in [1.807, 2.05) is 25.4 Å². The Labute approximate surface area is 383 Å². The smallest absolute Gasteiger partial charge is 0.174 e. The summed E-state index contributed by atoms with van der Waals surface area (Å²) in [4.78, 5) is 35.6. The van der Waals surface area contributed by atoms with Gasteiger partial charge in [-0.3, -0.25) is 14.3 Å². The van der Waals surface area contributed by atoms with E-state index in [0.29, 0.717) is 36.7 Å². The monoisotopic (exact) mass is 907 g/mol. The first-order valence-electron chi connectivity index (χ1n) is 20.1. The van der Waals surface area contributed by atoms with E-state index >= 15 is 0 Å². The van der Waals surface area contributed by atoms with E-state index in [9.17, 15) is 9.59 Å².